The van der Waals surface area contributed by atoms with Crippen molar-refractivity contribution in [3.8, 4) is 0 Å². The van der Waals surface area contributed by atoms with Crippen LogP contribution in [0.4, 0.5) is 0 Å². The fraction of sp³-hybridized carbons (Fsp3) is 0.833. The van der Waals surface area contributed by atoms with Crippen molar-refractivity contribution in [1.29, 1.82) is 0 Å². The summed E-state index contributed by atoms with van der Waals surface area (Å²) in [5.74, 6) is 2.31. The van der Waals surface area contributed by atoms with Gasteiger partial charge in [0.25, 0.3) is 0 Å². The molecule has 0 aromatic carbocycles. The zero-order valence-electron chi connectivity index (χ0n) is 9.79. The summed E-state index contributed by atoms with van der Waals surface area (Å²) in [4.78, 5) is 0.208. The molecule has 1 atom stereocenters. The van der Waals surface area contributed by atoms with Gasteiger partial charge in [0.15, 0.2) is 0 Å². The summed E-state index contributed by atoms with van der Waals surface area (Å²) in [6.45, 7) is 2.10. The highest BCUT2D eigenvalue weighted by Crippen LogP contribution is 2.28. The molecule has 0 bridgehead atoms. The van der Waals surface area contributed by atoms with E-state index in [0.29, 0.717) is 0 Å². The molecule has 0 aliphatic heterocycles. The molecule has 4 heteroatoms. The van der Waals surface area contributed by atoms with Crippen molar-refractivity contribution < 1.29 is 4.42 Å². The van der Waals surface area contributed by atoms with Crippen LogP contribution in [0.5, 0.6) is 0 Å². The third kappa shape index (κ3) is 3.06. The van der Waals surface area contributed by atoms with E-state index in [2.05, 4.69) is 33.1 Å². The number of rotatable bonds is 4. The topological polar surface area (TPSA) is 38.9 Å². The van der Waals surface area contributed by atoms with Crippen LogP contribution in [0.2, 0.25) is 0 Å². The van der Waals surface area contributed by atoms with E-state index in [-0.39, 0.29) is 4.83 Å². The van der Waals surface area contributed by atoms with Crippen LogP contribution in [0.3, 0.4) is 0 Å². The van der Waals surface area contributed by atoms with Crippen LogP contribution in [0.1, 0.15) is 62.1 Å². The van der Waals surface area contributed by atoms with E-state index in [0.717, 1.165) is 30.5 Å². The summed E-state index contributed by atoms with van der Waals surface area (Å²) in [7, 11) is 0. The number of hydrogen-bond donors (Lipinski definition) is 0. The second kappa shape index (κ2) is 5.80. The van der Waals surface area contributed by atoms with E-state index in [9.17, 15) is 0 Å². The van der Waals surface area contributed by atoms with E-state index in [1.807, 2.05) is 0 Å². The Morgan fingerprint density at radius 3 is 2.75 bits per heavy atom. The molecule has 1 heterocycles. The van der Waals surface area contributed by atoms with Crippen LogP contribution >= 0.6 is 15.9 Å². The summed E-state index contributed by atoms with van der Waals surface area (Å²) >= 11 is 3.53. The molecule has 2 rings (SSSR count). The largest absolute Gasteiger partial charge is 0.424 e. The van der Waals surface area contributed by atoms with E-state index in [1.165, 1.54) is 32.1 Å². The van der Waals surface area contributed by atoms with Crippen molar-refractivity contribution in [3.63, 3.8) is 0 Å². The third-order valence-electron chi connectivity index (χ3n) is 3.30. The third-order valence-corrected chi connectivity index (χ3v) is 4.34. The first kappa shape index (κ1) is 12.1. The van der Waals surface area contributed by atoms with Crippen molar-refractivity contribution in [2.45, 2.75) is 56.7 Å². The maximum absolute atomic E-state index is 5.67. The first-order valence-electron chi connectivity index (χ1n) is 6.26. The zero-order valence-corrected chi connectivity index (χ0v) is 11.4. The first-order chi connectivity index (χ1) is 7.79. The normalized spacial score (nSPS) is 19.9. The summed E-state index contributed by atoms with van der Waals surface area (Å²) < 4.78 is 5.67. The van der Waals surface area contributed by atoms with E-state index in [1.54, 1.807) is 0 Å². The van der Waals surface area contributed by atoms with Gasteiger partial charge in [-0.2, -0.15) is 0 Å². The predicted octanol–water partition coefficient (Wildman–Crippen LogP) is 4.04. The molecule has 1 fully saturated rings. The lowest BCUT2D eigenvalue weighted by molar-refractivity contribution is 0.324. The summed E-state index contributed by atoms with van der Waals surface area (Å²) in [6.07, 6.45) is 8.71. The fourth-order valence-electron chi connectivity index (χ4n) is 2.29. The van der Waals surface area contributed by atoms with Crippen LogP contribution in [-0.2, 0) is 6.42 Å². The van der Waals surface area contributed by atoms with Crippen LogP contribution < -0.4 is 0 Å². The quantitative estimate of drug-likeness (QED) is 0.784. The highest BCUT2D eigenvalue weighted by atomic mass is 79.9. The Labute approximate surface area is 105 Å². The molecule has 16 heavy (non-hydrogen) atoms. The first-order valence-corrected chi connectivity index (χ1v) is 7.17. The molecule has 1 aromatic rings. The molecular formula is C12H19BrN2O. The zero-order chi connectivity index (χ0) is 11.4. The van der Waals surface area contributed by atoms with Crippen molar-refractivity contribution >= 4 is 15.9 Å². The molecule has 0 spiro atoms. The molecule has 1 saturated carbocycles. The molecular weight excluding hydrogens is 268 g/mol. The van der Waals surface area contributed by atoms with Crippen LogP contribution in [0.15, 0.2) is 4.42 Å². The molecule has 0 saturated heterocycles. The van der Waals surface area contributed by atoms with Gasteiger partial charge in [0.1, 0.15) is 0 Å². The van der Waals surface area contributed by atoms with Gasteiger partial charge in [0.2, 0.25) is 11.8 Å². The van der Waals surface area contributed by atoms with E-state index in [4.69, 9.17) is 4.42 Å². The minimum atomic E-state index is 0.208. The van der Waals surface area contributed by atoms with Crippen molar-refractivity contribution in [2.75, 3.05) is 0 Å². The number of nitrogens with zero attached hydrogens (tertiary/aromatic N) is 2. The molecule has 90 valence electrons. The van der Waals surface area contributed by atoms with Gasteiger partial charge < -0.3 is 4.42 Å². The highest BCUT2D eigenvalue weighted by molar-refractivity contribution is 9.09. The monoisotopic (exact) mass is 286 g/mol. The molecule has 0 radical (unpaired) electrons. The van der Waals surface area contributed by atoms with Gasteiger partial charge in [-0.1, -0.05) is 42.1 Å². The van der Waals surface area contributed by atoms with Gasteiger partial charge in [-0.3, -0.25) is 0 Å². The van der Waals surface area contributed by atoms with Gasteiger partial charge in [-0.25, -0.2) is 0 Å². The lowest BCUT2D eigenvalue weighted by Crippen LogP contribution is -2.09. The Balaban J connectivity index is 1.91. The standard InChI is InChI=1S/C12H19BrN2O/c1-2-10(13)12-15-14-11(16-12)8-9-6-4-3-5-7-9/h9-10H,2-8H2,1H3. The minimum absolute atomic E-state index is 0.208. The van der Waals surface area contributed by atoms with Gasteiger partial charge in [-0.15, -0.1) is 10.2 Å². The number of halogens is 1. The van der Waals surface area contributed by atoms with Crippen molar-refractivity contribution in [3.05, 3.63) is 11.8 Å². The smallest absolute Gasteiger partial charge is 0.230 e. The summed E-state index contributed by atoms with van der Waals surface area (Å²) in [5, 5.41) is 8.22. The number of hydrogen-bond acceptors (Lipinski definition) is 3. The van der Waals surface area contributed by atoms with Gasteiger partial charge in [-0.05, 0) is 25.2 Å². The molecule has 3 nitrogen and oxygen atoms in total. The van der Waals surface area contributed by atoms with Gasteiger partial charge >= 0.3 is 0 Å². The van der Waals surface area contributed by atoms with E-state index < -0.39 is 0 Å². The molecule has 1 unspecified atom stereocenters. The highest BCUT2D eigenvalue weighted by Gasteiger charge is 2.19. The van der Waals surface area contributed by atoms with E-state index >= 15 is 0 Å². The van der Waals surface area contributed by atoms with Crippen molar-refractivity contribution in [1.82, 2.24) is 10.2 Å². The Kier molecular flexibility index (Phi) is 4.38. The lowest BCUT2D eigenvalue weighted by Gasteiger charge is -2.19. The van der Waals surface area contributed by atoms with Crippen LogP contribution in [-0.4, -0.2) is 10.2 Å². The maximum atomic E-state index is 5.67. The lowest BCUT2D eigenvalue weighted by atomic mass is 9.87. The Morgan fingerprint density at radius 1 is 1.31 bits per heavy atom. The average Bonchev–Trinajstić information content (AvgIpc) is 2.78. The SMILES string of the molecule is CCC(Br)c1nnc(CC2CCCCC2)o1. The molecule has 1 aromatic heterocycles. The summed E-state index contributed by atoms with van der Waals surface area (Å²) in [6, 6.07) is 0. The Bertz CT molecular complexity index is 321. The second-order valence-corrected chi connectivity index (χ2v) is 5.72. The van der Waals surface area contributed by atoms with Crippen LogP contribution in [0, 0.1) is 5.92 Å². The number of aromatic nitrogens is 2. The fourth-order valence-corrected chi connectivity index (χ4v) is 2.47. The Morgan fingerprint density at radius 2 is 2.06 bits per heavy atom. The predicted molar refractivity (Wildman–Crippen MR) is 66.5 cm³/mol. The average molecular weight is 287 g/mol. The molecule has 0 N–H and O–H groups in total. The molecule has 1 aliphatic rings. The molecule has 1 aliphatic carbocycles. The van der Waals surface area contributed by atoms with Crippen molar-refractivity contribution in [2.24, 2.45) is 5.92 Å². The second-order valence-electron chi connectivity index (χ2n) is 4.62. The number of alkyl halides is 1. The van der Waals surface area contributed by atoms with Gasteiger partial charge in [0, 0.05) is 6.42 Å². The van der Waals surface area contributed by atoms with Gasteiger partial charge in [0.05, 0.1) is 4.83 Å². The minimum Gasteiger partial charge on any atom is -0.424 e. The molecule has 0 amide bonds. The maximum Gasteiger partial charge on any atom is 0.230 e. The Hall–Kier alpha value is -0.380. The summed E-state index contributed by atoms with van der Waals surface area (Å²) in [5.41, 5.74) is 0. The van der Waals surface area contributed by atoms with Crippen LogP contribution in [0.25, 0.3) is 0 Å².